The lowest BCUT2D eigenvalue weighted by atomic mass is 9.69. The van der Waals surface area contributed by atoms with E-state index in [-0.39, 0.29) is 28.5 Å². The van der Waals surface area contributed by atoms with Crippen LogP contribution in [0.15, 0.2) is 24.3 Å². The van der Waals surface area contributed by atoms with Crippen molar-refractivity contribution < 1.29 is 31.6 Å². The zero-order chi connectivity index (χ0) is 14.6. The Kier molecular flexibility index (Phi) is 4.00. The smallest absolute Gasteiger partial charge is 0.166 e. The molecule has 0 amide bonds. The van der Waals surface area contributed by atoms with E-state index in [0.29, 0.717) is 6.42 Å². The average Bonchev–Trinajstić information content (AvgIpc) is 2.72. The first-order chi connectivity index (χ1) is 10.1. The van der Waals surface area contributed by atoms with E-state index in [1.165, 1.54) is 11.1 Å². The van der Waals surface area contributed by atoms with Crippen molar-refractivity contribution in [3.63, 3.8) is 0 Å². The van der Waals surface area contributed by atoms with Crippen molar-refractivity contribution in [3.8, 4) is 11.5 Å². The number of methoxy groups -OCH3 is 1. The molecule has 1 N–H and O–H groups in total. The Labute approximate surface area is 141 Å². The first-order valence-corrected chi connectivity index (χ1v) is 7.57. The minimum atomic E-state index is -0.412. The van der Waals surface area contributed by atoms with Gasteiger partial charge in [-0.15, -0.1) is 0 Å². The topological polar surface area (TPSA) is 41.9 Å². The van der Waals surface area contributed by atoms with Gasteiger partial charge in [-0.05, 0) is 31.6 Å². The molecule has 1 spiro atoms. The van der Waals surface area contributed by atoms with Crippen LogP contribution in [0.2, 0.25) is 0 Å². The van der Waals surface area contributed by atoms with Gasteiger partial charge in [-0.25, -0.2) is 0 Å². The van der Waals surface area contributed by atoms with Crippen molar-refractivity contribution in [2.24, 2.45) is 0 Å². The van der Waals surface area contributed by atoms with Crippen molar-refractivity contribution in [2.75, 3.05) is 20.7 Å². The predicted octanol–water partition coefficient (Wildman–Crippen LogP) is -1.15. The van der Waals surface area contributed by atoms with Crippen molar-refractivity contribution in [3.05, 3.63) is 35.4 Å². The molecule has 0 radical (unpaired) electrons. The average molecular weight is 367 g/mol. The highest BCUT2D eigenvalue weighted by atomic mass is 79.9. The molecule has 0 saturated heterocycles. The Morgan fingerprint density at radius 1 is 1.41 bits per heavy atom. The Morgan fingerprint density at radius 2 is 2.23 bits per heavy atom. The number of nitrogens with zero attached hydrogens (tertiary/aromatic N) is 1. The van der Waals surface area contributed by atoms with E-state index in [4.69, 9.17) is 9.47 Å². The molecule has 4 rings (SSSR count). The number of ether oxygens (including phenoxy) is 2. The van der Waals surface area contributed by atoms with E-state index in [2.05, 4.69) is 24.1 Å². The van der Waals surface area contributed by atoms with Crippen LogP contribution >= 0.6 is 0 Å². The molecular formula is C17H21BrNO3-. The molecule has 1 aliphatic carbocycles. The number of rotatable bonds is 1. The van der Waals surface area contributed by atoms with Crippen LogP contribution in [0.4, 0.5) is 0 Å². The lowest BCUT2D eigenvalue weighted by Crippen LogP contribution is -3.00. The fourth-order valence-corrected chi connectivity index (χ4v) is 4.08. The molecule has 22 heavy (non-hydrogen) atoms. The predicted molar refractivity (Wildman–Crippen MR) is 79.8 cm³/mol. The fraction of sp³-hybridized carbons (Fsp3) is 0.529. The number of hydrogen-bond acceptors (Lipinski definition) is 4. The van der Waals surface area contributed by atoms with Crippen LogP contribution in [0.5, 0.6) is 11.5 Å². The minimum Gasteiger partial charge on any atom is -1.00 e. The quantitative estimate of drug-likeness (QED) is 0.637. The zero-order valence-corrected chi connectivity index (χ0v) is 14.5. The van der Waals surface area contributed by atoms with Crippen LogP contribution in [0.3, 0.4) is 0 Å². The second-order valence-corrected chi connectivity index (χ2v) is 6.43. The summed E-state index contributed by atoms with van der Waals surface area (Å²) in [5.74, 6) is 1.68. The van der Waals surface area contributed by atoms with Crippen molar-refractivity contribution >= 4 is 0 Å². The highest BCUT2D eigenvalue weighted by molar-refractivity contribution is 5.60. The second-order valence-electron chi connectivity index (χ2n) is 6.43. The highest BCUT2D eigenvalue weighted by Gasteiger charge is 2.52. The van der Waals surface area contributed by atoms with Crippen LogP contribution in [-0.4, -0.2) is 42.9 Å². The lowest BCUT2D eigenvalue weighted by molar-refractivity contribution is -0.00000856. The Bertz CT molecular complexity index is 618. The van der Waals surface area contributed by atoms with E-state index in [0.717, 1.165) is 31.0 Å². The summed E-state index contributed by atoms with van der Waals surface area (Å²) in [6, 6.07) is 4.16. The number of benzene rings is 1. The van der Waals surface area contributed by atoms with Gasteiger partial charge in [0.25, 0.3) is 0 Å². The molecule has 5 heteroatoms. The molecular weight excluding hydrogens is 346 g/mol. The largest absolute Gasteiger partial charge is 1.00 e. The molecule has 3 atom stereocenters. The molecule has 3 aliphatic rings. The molecule has 0 aromatic heterocycles. The van der Waals surface area contributed by atoms with Crippen LogP contribution in [0.1, 0.15) is 24.0 Å². The maximum absolute atomic E-state index is 9.97. The van der Waals surface area contributed by atoms with Gasteiger partial charge in [0.2, 0.25) is 0 Å². The molecule has 2 aliphatic heterocycles. The third-order valence-electron chi connectivity index (χ3n) is 5.15. The molecule has 2 unspecified atom stereocenters. The van der Waals surface area contributed by atoms with Crippen molar-refractivity contribution in [1.29, 1.82) is 0 Å². The van der Waals surface area contributed by atoms with E-state index in [9.17, 15) is 5.11 Å². The van der Waals surface area contributed by atoms with Crippen LogP contribution in [-0.2, 0) is 12.0 Å². The molecule has 1 aromatic rings. The van der Waals surface area contributed by atoms with Gasteiger partial charge >= 0.3 is 0 Å². The van der Waals surface area contributed by atoms with Gasteiger partial charge in [0.15, 0.2) is 11.5 Å². The number of aliphatic hydroxyl groups excluding tert-OH is 1. The number of halogens is 1. The number of aliphatic hydroxyl groups is 1. The third-order valence-corrected chi connectivity index (χ3v) is 5.15. The standard InChI is InChI=1S/C17H21NO3.BrH/c1-18-8-7-17-6-5-12(19)9-14(17)21-16-13(20-2)4-3-11(10-18)15(16)17;/h3-6,12,14,19H,7-10H2,1-2H3;1H/p-1/t12?,14?,17-;/m0./s1. The summed E-state index contributed by atoms with van der Waals surface area (Å²) < 4.78 is 11.8. The van der Waals surface area contributed by atoms with E-state index in [1.807, 2.05) is 12.1 Å². The van der Waals surface area contributed by atoms with Crippen LogP contribution < -0.4 is 26.5 Å². The summed E-state index contributed by atoms with van der Waals surface area (Å²) in [5, 5.41) is 9.97. The van der Waals surface area contributed by atoms with E-state index >= 15 is 0 Å². The molecule has 120 valence electrons. The van der Waals surface area contributed by atoms with E-state index < -0.39 is 6.10 Å². The SMILES string of the molecule is COc1ccc2c3c1OC1CC(O)C=C[C@@]31CCN(C)C2.[Br-]. The molecule has 0 saturated carbocycles. The Hall–Kier alpha value is -1.04. The molecule has 4 nitrogen and oxygen atoms in total. The molecule has 1 aromatic carbocycles. The first kappa shape index (κ1) is 15.8. The van der Waals surface area contributed by atoms with Gasteiger partial charge in [-0.3, -0.25) is 0 Å². The van der Waals surface area contributed by atoms with Gasteiger partial charge in [0.1, 0.15) is 6.10 Å². The first-order valence-electron chi connectivity index (χ1n) is 7.57. The molecule has 0 bridgehead atoms. The fourth-order valence-electron chi connectivity index (χ4n) is 4.08. The van der Waals surface area contributed by atoms with Crippen molar-refractivity contribution in [1.82, 2.24) is 4.90 Å². The van der Waals surface area contributed by atoms with Gasteiger partial charge in [-0.2, -0.15) is 0 Å². The van der Waals surface area contributed by atoms with Crippen LogP contribution in [0, 0.1) is 0 Å². The monoisotopic (exact) mass is 366 g/mol. The molecule has 0 fully saturated rings. The van der Waals surface area contributed by atoms with Gasteiger partial charge in [0.05, 0.1) is 18.6 Å². The Balaban J connectivity index is 0.00000144. The maximum Gasteiger partial charge on any atom is 0.166 e. The van der Waals surface area contributed by atoms with Gasteiger partial charge in [-0.1, -0.05) is 18.2 Å². The summed E-state index contributed by atoms with van der Waals surface area (Å²) in [5.41, 5.74) is 2.48. The summed E-state index contributed by atoms with van der Waals surface area (Å²) in [6.45, 7) is 1.96. The summed E-state index contributed by atoms with van der Waals surface area (Å²) in [4.78, 5) is 2.35. The minimum absolute atomic E-state index is 0. The summed E-state index contributed by atoms with van der Waals surface area (Å²) in [7, 11) is 3.84. The normalized spacial score (nSPS) is 32.3. The summed E-state index contributed by atoms with van der Waals surface area (Å²) in [6.07, 6.45) is 5.38. The lowest BCUT2D eigenvalue weighted by Gasteiger charge is -2.35. The molecule has 2 heterocycles. The van der Waals surface area contributed by atoms with E-state index in [1.54, 1.807) is 7.11 Å². The summed E-state index contributed by atoms with van der Waals surface area (Å²) >= 11 is 0. The van der Waals surface area contributed by atoms with Crippen molar-refractivity contribution in [2.45, 2.75) is 37.0 Å². The van der Waals surface area contributed by atoms with Crippen LogP contribution in [0.25, 0.3) is 0 Å². The number of hydrogen-bond donors (Lipinski definition) is 1. The highest BCUT2D eigenvalue weighted by Crippen LogP contribution is 2.55. The van der Waals surface area contributed by atoms with Gasteiger partial charge < -0.3 is 36.5 Å². The Morgan fingerprint density at radius 3 is 3.00 bits per heavy atom. The third kappa shape index (κ3) is 2.10. The zero-order valence-electron chi connectivity index (χ0n) is 12.9. The van der Waals surface area contributed by atoms with Gasteiger partial charge in [0, 0.05) is 18.5 Å². The second kappa shape index (κ2) is 5.55. The maximum atomic E-state index is 9.97.